The predicted octanol–water partition coefficient (Wildman–Crippen LogP) is 3.11. The van der Waals surface area contributed by atoms with Crippen molar-refractivity contribution in [2.45, 2.75) is 6.54 Å². The van der Waals surface area contributed by atoms with Crippen LogP contribution in [0.4, 0.5) is 0 Å². The van der Waals surface area contributed by atoms with Crippen molar-refractivity contribution in [3.8, 4) is 5.75 Å². The number of benzene rings is 2. The van der Waals surface area contributed by atoms with E-state index in [0.717, 1.165) is 22.2 Å². The maximum atomic E-state index is 12.2. The van der Waals surface area contributed by atoms with Crippen LogP contribution in [0.3, 0.4) is 0 Å². The molecule has 0 radical (unpaired) electrons. The molecule has 2 aromatic carbocycles. The van der Waals surface area contributed by atoms with E-state index >= 15 is 0 Å². The maximum Gasteiger partial charge on any atom is 0.267 e. The number of para-hydroxylation sites is 2. The van der Waals surface area contributed by atoms with Crippen molar-refractivity contribution in [1.82, 2.24) is 10.3 Å². The maximum absolute atomic E-state index is 12.2. The molecule has 0 aliphatic rings. The van der Waals surface area contributed by atoms with Crippen LogP contribution in [-0.4, -0.2) is 18.0 Å². The van der Waals surface area contributed by atoms with Crippen molar-refractivity contribution in [2.24, 2.45) is 0 Å². The first kappa shape index (κ1) is 13.2. The van der Waals surface area contributed by atoms with Crippen LogP contribution in [0.1, 0.15) is 16.1 Å². The average molecular weight is 280 g/mol. The molecule has 0 fully saturated rings. The number of rotatable bonds is 4. The Morgan fingerprint density at radius 3 is 2.71 bits per heavy atom. The van der Waals surface area contributed by atoms with Crippen LogP contribution in [0.2, 0.25) is 0 Å². The van der Waals surface area contributed by atoms with Crippen molar-refractivity contribution in [3.05, 3.63) is 65.9 Å². The van der Waals surface area contributed by atoms with Crippen molar-refractivity contribution in [2.75, 3.05) is 7.11 Å². The summed E-state index contributed by atoms with van der Waals surface area (Å²) in [5.41, 5.74) is 2.47. The van der Waals surface area contributed by atoms with Crippen LogP contribution in [0.15, 0.2) is 54.6 Å². The molecule has 2 N–H and O–H groups in total. The van der Waals surface area contributed by atoms with Crippen LogP contribution in [0.5, 0.6) is 5.75 Å². The van der Waals surface area contributed by atoms with Gasteiger partial charge in [0.1, 0.15) is 11.4 Å². The molecule has 0 saturated heterocycles. The Morgan fingerprint density at radius 1 is 1.14 bits per heavy atom. The molecule has 0 unspecified atom stereocenters. The van der Waals surface area contributed by atoms with Crippen LogP contribution >= 0.6 is 0 Å². The molecule has 0 atom stereocenters. The molecule has 4 heteroatoms. The molecule has 0 spiro atoms. The van der Waals surface area contributed by atoms with E-state index in [2.05, 4.69) is 10.3 Å². The summed E-state index contributed by atoms with van der Waals surface area (Å²) in [5, 5.41) is 3.93. The molecule has 106 valence electrons. The Kier molecular flexibility index (Phi) is 3.60. The summed E-state index contributed by atoms with van der Waals surface area (Å²) in [5.74, 6) is 0.645. The fourth-order valence-corrected chi connectivity index (χ4v) is 2.32. The highest BCUT2D eigenvalue weighted by Crippen LogP contribution is 2.18. The minimum absolute atomic E-state index is 0.128. The van der Waals surface area contributed by atoms with E-state index in [-0.39, 0.29) is 5.91 Å². The molecule has 0 aliphatic heterocycles. The van der Waals surface area contributed by atoms with Crippen molar-refractivity contribution < 1.29 is 9.53 Å². The molecule has 0 saturated carbocycles. The first-order chi connectivity index (χ1) is 10.3. The molecule has 0 aliphatic carbocycles. The van der Waals surface area contributed by atoms with Gasteiger partial charge >= 0.3 is 0 Å². The Morgan fingerprint density at radius 2 is 1.90 bits per heavy atom. The molecule has 0 bridgehead atoms. The summed E-state index contributed by atoms with van der Waals surface area (Å²) in [4.78, 5) is 15.3. The van der Waals surface area contributed by atoms with Gasteiger partial charge in [-0.25, -0.2) is 0 Å². The predicted molar refractivity (Wildman–Crippen MR) is 82.5 cm³/mol. The number of hydrogen-bond donors (Lipinski definition) is 2. The number of fused-ring (bicyclic) bond motifs is 1. The monoisotopic (exact) mass is 280 g/mol. The smallest absolute Gasteiger partial charge is 0.267 e. The number of carbonyl (C=O) groups is 1. The number of ether oxygens (including phenoxy) is 1. The number of carbonyl (C=O) groups excluding carboxylic acids is 1. The van der Waals surface area contributed by atoms with E-state index in [1.54, 1.807) is 7.11 Å². The summed E-state index contributed by atoms with van der Waals surface area (Å²) in [6.07, 6.45) is 0. The molecule has 1 heterocycles. The molecule has 21 heavy (non-hydrogen) atoms. The van der Waals surface area contributed by atoms with Gasteiger partial charge in [-0.2, -0.15) is 0 Å². The van der Waals surface area contributed by atoms with Gasteiger partial charge in [0.15, 0.2) is 0 Å². The van der Waals surface area contributed by atoms with Crippen LogP contribution < -0.4 is 10.1 Å². The highest BCUT2D eigenvalue weighted by atomic mass is 16.5. The first-order valence-corrected chi connectivity index (χ1v) is 6.76. The summed E-state index contributed by atoms with van der Waals surface area (Å²) < 4.78 is 5.27. The average Bonchev–Trinajstić information content (AvgIpc) is 2.97. The summed E-state index contributed by atoms with van der Waals surface area (Å²) in [6, 6.07) is 17.3. The van der Waals surface area contributed by atoms with Gasteiger partial charge in [0, 0.05) is 23.0 Å². The van der Waals surface area contributed by atoms with E-state index in [0.29, 0.717) is 12.2 Å². The van der Waals surface area contributed by atoms with Crippen molar-refractivity contribution in [1.29, 1.82) is 0 Å². The lowest BCUT2D eigenvalue weighted by Crippen LogP contribution is -2.23. The minimum atomic E-state index is -0.128. The van der Waals surface area contributed by atoms with E-state index < -0.39 is 0 Å². The fourth-order valence-electron chi connectivity index (χ4n) is 2.32. The standard InChI is InChI=1S/C17H16N2O2/c1-21-16-9-5-3-7-13(16)11-18-17(20)15-10-12-6-2-4-8-14(12)19-15/h2-10,19H,11H2,1H3,(H,18,20). The van der Waals surface area contributed by atoms with Gasteiger partial charge in [-0.1, -0.05) is 36.4 Å². The van der Waals surface area contributed by atoms with Gasteiger partial charge in [0.25, 0.3) is 5.91 Å². The molecule has 3 rings (SSSR count). The first-order valence-electron chi connectivity index (χ1n) is 6.76. The number of H-pyrrole nitrogens is 1. The lowest BCUT2D eigenvalue weighted by molar-refractivity contribution is 0.0946. The molecule has 1 amide bonds. The molecular weight excluding hydrogens is 264 g/mol. The van der Waals surface area contributed by atoms with Gasteiger partial charge in [-0.3, -0.25) is 4.79 Å². The Hall–Kier alpha value is -2.75. The van der Waals surface area contributed by atoms with E-state index in [9.17, 15) is 4.79 Å². The van der Waals surface area contributed by atoms with Crippen LogP contribution in [-0.2, 0) is 6.54 Å². The SMILES string of the molecule is COc1ccccc1CNC(=O)c1cc2ccccc2[nH]1. The third-order valence-corrected chi connectivity index (χ3v) is 3.41. The van der Waals surface area contributed by atoms with E-state index in [1.807, 2.05) is 54.6 Å². The highest BCUT2D eigenvalue weighted by molar-refractivity contribution is 5.97. The number of amides is 1. The number of hydrogen-bond acceptors (Lipinski definition) is 2. The topological polar surface area (TPSA) is 54.1 Å². The Bertz CT molecular complexity index is 744. The second-order valence-corrected chi connectivity index (χ2v) is 4.76. The minimum Gasteiger partial charge on any atom is -0.496 e. The zero-order valence-electron chi connectivity index (χ0n) is 11.7. The highest BCUT2D eigenvalue weighted by Gasteiger charge is 2.10. The summed E-state index contributed by atoms with van der Waals surface area (Å²) in [6.45, 7) is 0.429. The molecule has 3 aromatic rings. The van der Waals surface area contributed by atoms with E-state index in [4.69, 9.17) is 4.74 Å². The van der Waals surface area contributed by atoms with Gasteiger partial charge in [0.05, 0.1) is 7.11 Å². The second-order valence-electron chi connectivity index (χ2n) is 4.76. The van der Waals surface area contributed by atoms with Gasteiger partial charge in [-0.15, -0.1) is 0 Å². The molecule has 1 aromatic heterocycles. The Labute approximate surface area is 122 Å². The Balaban J connectivity index is 1.74. The van der Waals surface area contributed by atoms with Gasteiger partial charge in [-0.05, 0) is 18.2 Å². The fraction of sp³-hybridized carbons (Fsp3) is 0.118. The number of aromatic nitrogens is 1. The quantitative estimate of drug-likeness (QED) is 0.771. The zero-order chi connectivity index (χ0) is 14.7. The number of nitrogens with one attached hydrogen (secondary N) is 2. The lowest BCUT2D eigenvalue weighted by atomic mass is 10.2. The number of aromatic amines is 1. The zero-order valence-corrected chi connectivity index (χ0v) is 11.7. The molecule has 4 nitrogen and oxygen atoms in total. The van der Waals surface area contributed by atoms with Gasteiger partial charge in [0.2, 0.25) is 0 Å². The van der Waals surface area contributed by atoms with Crippen LogP contribution in [0.25, 0.3) is 10.9 Å². The van der Waals surface area contributed by atoms with Crippen molar-refractivity contribution >= 4 is 16.8 Å². The second kappa shape index (κ2) is 5.71. The third-order valence-electron chi connectivity index (χ3n) is 3.41. The summed E-state index contributed by atoms with van der Waals surface area (Å²) >= 11 is 0. The van der Waals surface area contributed by atoms with Crippen LogP contribution in [0, 0.1) is 0 Å². The lowest BCUT2D eigenvalue weighted by Gasteiger charge is -2.08. The third kappa shape index (κ3) is 2.74. The summed E-state index contributed by atoms with van der Waals surface area (Å²) in [7, 11) is 1.62. The van der Waals surface area contributed by atoms with E-state index in [1.165, 1.54) is 0 Å². The number of methoxy groups -OCH3 is 1. The van der Waals surface area contributed by atoms with Gasteiger partial charge < -0.3 is 15.0 Å². The normalized spacial score (nSPS) is 10.5. The largest absolute Gasteiger partial charge is 0.496 e. The van der Waals surface area contributed by atoms with Crippen molar-refractivity contribution in [3.63, 3.8) is 0 Å². The molecular formula is C17H16N2O2.